The summed E-state index contributed by atoms with van der Waals surface area (Å²) in [4.78, 5) is 27.1. The summed E-state index contributed by atoms with van der Waals surface area (Å²) in [6.07, 6.45) is 2.15. The summed E-state index contributed by atoms with van der Waals surface area (Å²) in [6.45, 7) is 3.49. The number of hydrogen-bond acceptors (Lipinski definition) is 3. The van der Waals surface area contributed by atoms with E-state index < -0.39 is 12.7 Å². The molecule has 1 saturated heterocycles. The minimum atomic E-state index is -0.539. The monoisotopic (exact) mass is 309 g/mol. The first-order chi connectivity index (χ1) is 9.10. The number of hydrogen-bond donors (Lipinski definition) is 1. The molecule has 2 amide bonds. The summed E-state index contributed by atoms with van der Waals surface area (Å²) in [7, 11) is 1.75. The Morgan fingerprint density at radius 1 is 1.55 bits per heavy atom. The molecule has 1 heterocycles. The Morgan fingerprint density at radius 3 is 2.85 bits per heavy atom. The number of halogens is 2. The van der Waals surface area contributed by atoms with Crippen molar-refractivity contribution in [1.82, 2.24) is 15.1 Å². The van der Waals surface area contributed by atoms with E-state index in [9.17, 15) is 14.0 Å². The molecule has 0 aliphatic carbocycles. The Labute approximate surface area is 126 Å². The van der Waals surface area contributed by atoms with Crippen molar-refractivity contribution in [2.45, 2.75) is 32.2 Å². The van der Waals surface area contributed by atoms with Crippen LogP contribution in [0.2, 0.25) is 0 Å². The van der Waals surface area contributed by atoms with E-state index in [0.29, 0.717) is 19.6 Å². The van der Waals surface area contributed by atoms with Gasteiger partial charge in [0.1, 0.15) is 6.67 Å². The van der Waals surface area contributed by atoms with Crippen molar-refractivity contribution in [3.63, 3.8) is 0 Å². The smallest absolute Gasteiger partial charge is 0.240 e. The molecule has 5 nitrogen and oxygen atoms in total. The minimum Gasteiger partial charge on any atom is -0.346 e. The topological polar surface area (TPSA) is 52.7 Å². The second-order valence-electron chi connectivity index (χ2n) is 4.89. The molecular weight excluding hydrogens is 285 g/mol. The Kier molecular flexibility index (Phi) is 9.50. The molecule has 1 atom stereocenters. The highest BCUT2D eigenvalue weighted by atomic mass is 35.5. The number of nitrogens with zero attached hydrogens (tertiary/aromatic N) is 2. The third kappa shape index (κ3) is 5.63. The normalized spacial score (nSPS) is 18.6. The van der Waals surface area contributed by atoms with Gasteiger partial charge in [0.05, 0.1) is 12.5 Å². The average molecular weight is 310 g/mol. The summed E-state index contributed by atoms with van der Waals surface area (Å²) < 4.78 is 12.3. The standard InChI is InChI=1S/C13H24FN3O2.ClH/c1-3-4-7-16(2)12(18)10-11-13(19)17(8-5-14)9-6-15-11;/h11,15H,3-10H2,1-2H3;1H. The Morgan fingerprint density at radius 2 is 2.25 bits per heavy atom. The SMILES string of the molecule is CCCCN(C)C(=O)CC1NCCN(CCF)C1=O.Cl. The van der Waals surface area contributed by atoms with E-state index in [0.717, 1.165) is 12.8 Å². The van der Waals surface area contributed by atoms with Crippen LogP contribution in [0.3, 0.4) is 0 Å². The second-order valence-corrected chi connectivity index (χ2v) is 4.89. The van der Waals surface area contributed by atoms with Crippen LogP contribution < -0.4 is 5.32 Å². The highest BCUT2D eigenvalue weighted by Gasteiger charge is 2.30. The number of carbonyl (C=O) groups excluding carboxylic acids is 2. The van der Waals surface area contributed by atoms with Gasteiger partial charge in [-0.3, -0.25) is 9.59 Å². The zero-order valence-corrected chi connectivity index (χ0v) is 13.0. The molecule has 0 spiro atoms. The van der Waals surface area contributed by atoms with E-state index in [4.69, 9.17) is 0 Å². The molecule has 1 unspecified atom stereocenters. The van der Waals surface area contributed by atoms with Gasteiger partial charge < -0.3 is 15.1 Å². The highest BCUT2D eigenvalue weighted by molar-refractivity contribution is 5.88. The van der Waals surface area contributed by atoms with Crippen LogP contribution in [0.25, 0.3) is 0 Å². The molecule has 0 aromatic heterocycles. The number of amides is 2. The lowest BCUT2D eigenvalue weighted by molar-refractivity contribution is -0.140. The van der Waals surface area contributed by atoms with Gasteiger partial charge in [-0.1, -0.05) is 13.3 Å². The molecule has 118 valence electrons. The van der Waals surface area contributed by atoms with E-state index in [1.54, 1.807) is 11.9 Å². The fraction of sp³-hybridized carbons (Fsp3) is 0.846. The zero-order valence-electron chi connectivity index (χ0n) is 12.2. The first kappa shape index (κ1) is 19.1. The van der Waals surface area contributed by atoms with Gasteiger partial charge in [0.2, 0.25) is 11.8 Å². The van der Waals surface area contributed by atoms with Gasteiger partial charge in [-0.25, -0.2) is 4.39 Å². The van der Waals surface area contributed by atoms with Crippen molar-refractivity contribution in [2.24, 2.45) is 0 Å². The van der Waals surface area contributed by atoms with Crippen LogP contribution in [0.4, 0.5) is 4.39 Å². The zero-order chi connectivity index (χ0) is 14.3. The molecule has 0 saturated carbocycles. The molecule has 0 radical (unpaired) electrons. The van der Waals surface area contributed by atoms with Crippen LogP contribution in [0, 0.1) is 0 Å². The maximum Gasteiger partial charge on any atom is 0.240 e. The number of unbranched alkanes of at least 4 members (excludes halogenated alkanes) is 1. The molecule has 0 aromatic rings. The maximum atomic E-state index is 12.3. The summed E-state index contributed by atoms with van der Waals surface area (Å²) in [5.74, 6) is -0.206. The van der Waals surface area contributed by atoms with Gasteiger partial charge in [-0.15, -0.1) is 12.4 Å². The van der Waals surface area contributed by atoms with E-state index in [-0.39, 0.29) is 37.2 Å². The van der Waals surface area contributed by atoms with Crippen LogP contribution in [0.15, 0.2) is 0 Å². The lowest BCUT2D eigenvalue weighted by Crippen LogP contribution is -2.56. The van der Waals surface area contributed by atoms with Crippen molar-refractivity contribution >= 4 is 24.2 Å². The van der Waals surface area contributed by atoms with Gasteiger partial charge in [-0.2, -0.15) is 0 Å². The molecule has 1 rings (SSSR count). The molecule has 0 aromatic carbocycles. The van der Waals surface area contributed by atoms with Gasteiger partial charge in [0.25, 0.3) is 0 Å². The van der Waals surface area contributed by atoms with Crippen molar-refractivity contribution in [2.75, 3.05) is 39.9 Å². The molecule has 0 bridgehead atoms. The number of carbonyl (C=O) groups is 2. The van der Waals surface area contributed by atoms with Crippen molar-refractivity contribution in [1.29, 1.82) is 0 Å². The lowest BCUT2D eigenvalue weighted by atomic mass is 10.1. The van der Waals surface area contributed by atoms with Gasteiger partial charge >= 0.3 is 0 Å². The maximum absolute atomic E-state index is 12.3. The van der Waals surface area contributed by atoms with Gasteiger partial charge in [-0.05, 0) is 6.42 Å². The second kappa shape index (κ2) is 9.94. The largest absolute Gasteiger partial charge is 0.346 e. The van der Waals surface area contributed by atoms with Crippen LogP contribution >= 0.6 is 12.4 Å². The summed E-state index contributed by atoms with van der Waals surface area (Å²) in [5.41, 5.74) is 0. The van der Waals surface area contributed by atoms with Gasteiger partial charge in [0, 0.05) is 33.2 Å². The number of nitrogens with one attached hydrogen (secondary N) is 1. The average Bonchev–Trinajstić information content (AvgIpc) is 2.40. The third-order valence-electron chi connectivity index (χ3n) is 3.39. The van der Waals surface area contributed by atoms with Crippen LogP contribution in [0.1, 0.15) is 26.2 Å². The van der Waals surface area contributed by atoms with Crippen molar-refractivity contribution in [3.05, 3.63) is 0 Å². The summed E-state index contributed by atoms with van der Waals surface area (Å²) in [5, 5.41) is 3.04. The molecule has 1 fully saturated rings. The molecule has 7 heteroatoms. The number of alkyl halides is 1. The number of rotatable bonds is 7. The van der Waals surface area contributed by atoms with Crippen LogP contribution in [-0.2, 0) is 9.59 Å². The highest BCUT2D eigenvalue weighted by Crippen LogP contribution is 2.07. The fourth-order valence-electron chi connectivity index (χ4n) is 2.13. The first-order valence-corrected chi connectivity index (χ1v) is 6.92. The predicted molar refractivity (Wildman–Crippen MR) is 78.8 cm³/mol. The molecule has 20 heavy (non-hydrogen) atoms. The molecule has 1 aliphatic heterocycles. The summed E-state index contributed by atoms with van der Waals surface area (Å²) in [6, 6.07) is -0.503. The van der Waals surface area contributed by atoms with E-state index in [2.05, 4.69) is 12.2 Å². The Balaban J connectivity index is 0.00000361. The van der Waals surface area contributed by atoms with E-state index >= 15 is 0 Å². The first-order valence-electron chi connectivity index (χ1n) is 6.92. The molecular formula is C13H25ClFN3O2. The quantitative estimate of drug-likeness (QED) is 0.758. The Bertz CT molecular complexity index is 316. The molecule has 1 N–H and O–H groups in total. The Hall–Kier alpha value is -0.880. The summed E-state index contributed by atoms with van der Waals surface area (Å²) >= 11 is 0. The van der Waals surface area contributed by atoms with Crippen LogP contribution in [0.5, 0.6) is 0 Å². The van der Waals surface area contributed by atoms with Crippen molar-refractivity contribution in [3.8, 4) is 0 Å². The lowest BCUT2D eigenvalue weighted by Gasteiger charge is -2.33. The van der Waals surface area contributed by atoms with Crippen LogP contribution in [-0.4, -0.2) is 67.6 Å². The molecule has 1 aliphatic rings. The van der Waals surface area contributed by atoms with E-state index in [1.807, 2.05) is 0 Å². The predicted octanol–water partition coefficient (Wildman–Crippen LogP) is 0.827. The minimum absolute atomic E-state index is 0. The number of piperazine rings is 1. The van der Waals surface area contributed by atoms with Crippen molar-refractivity contribution < 1.29 is 14.0 Å². The third-order valence-corrected chi connectivity index (χ3v) is 3.39. The van der Waals surface area contributed by atoms with Gasteiger partial charge in [0.15, 0.2) is 0 Å². The van der Waals surface area contributed by atoms with E-state index in [1.165, 1.54) is 4.90 Å². The fourth-order valence-corrected chi connectivity index (χ4v) is 2.13.